The molecule has 0 atom stereocenters. The van der Waals surface area contributed by atoms with Crippen molar-refractivity contribution in [3.63, 3.8) is 0 Å². The second kappa shape index (κ2) is 10.6. The number of benzene rings is 1. The summed E-state index contributed by atoms with van der Waals surface area (Å²) in [7, 11) is 0. The summed E-state index contributed by atoms with van der Waals surface area (Å²) in [6, 6.07) is 5.40. The van der Waals surface area contributed by atoms with Crippen molar-refractivity contribution in [2.45, 2.75) is 79.9 Å². The molecule has 0 fully saturated rings. The van der Waals surface area contributed by atoms with Gasteiger partial charge in [0.05, 0.1) is 11.5 Å². The van der Waals surface area contributed by atoms with Crippen molar-refractivity contribution in [3.05, 3.63) is 51.9 Å². The predicted molar refractivity (Wildman–Crippen MR) is 127 cm³/mol. The Labute approximate surface area is 185 Å². The van der Waals surface area contributed by atoms with Gasteiger partial charge in [0, 0.05) is 6.07 Å². The number of hydrogen-bond donors (Lipinski definition) is 0. The number of rotatable bonds is 9. The zero-order chi connectivity index (χ0) is 23.2. The molecule has 0 saturated heterocycles. The lowest BCUT2D eigenvalue weighted by molar-refractivity contribution is 0.131. The molecule has 0 aliphatic heterocycles. The zero-order valence-corrected chi connectivity index (χ0v) is 20.1. The van der Waals surface area contributed by atoms with Crippen LogP contribution in [0.15, 0.2) is 50.7 Å². The van der Waals surface area contributed by atoms with Gasteiger partial charge in [0.15, 0.2) is 5.75 Å². The third kappa shape index (κ3) is 7.82. The van der Waals surface area contributed by atoms with E-state index in [9.17, 15) is 4.79 Å². The van der Waals surface area contributed by atoms with E-state index in [4.69, 9.17) is 18.6 Å². The van der Waals surface area contributed by atoms with E-state index in [-0.39, 0.29) is 17.5 Å². The van der Waals surface area contributed by atoms with E-state index in [1.807, 2.05) is 52.8 Å². The van der Waals surface area contributed by atoms with E-state index < -0.39 is 5.63 Å². The lowest BCUT2D eigenvalue weighted by Gasteiger charge is -2.21. The maximum atomic E-state index is 12.7. The minimum Gasteiger partial charge on any atom is -0.488 e. The SMILES string of the molecule is CC(C)=CCC/C(C)=C/COc1c(OC(C)C)c(=O)oc2cc(OC(C)(C)C)ccc12. The molecule has 0 N–H and O–H groups in total. The van der Waals surface area contributed by atoms with E-state index in [0.717, 1.165) is 12.8 Å². The van der Waals surface area contributed by atoms with Gasteiger partial charge in [-0.3, -0.25) is 0 Å². The van der Waals surface area contributed by atoms with Crippen LogP contribution < -0.4 is 19.8 Å². The van der Waals surface area contributed by atoms with Crippen molar-refractivity contribution in [3.8, 4) is 17.2 Å². The fraction of sp³-hybridized carbons (Fsp3) is 0.500. The lowest BCUT2D eigenvalue weighted by Crippen LogP contribution is -2.22. The fourth-order valence-electron chi connectivity index (χ4n) is 2.99. The van der Waals surface area contributed by atoms with Gasteiger partial charge in [-0.2, -0.15) is 0 Å². The zero-order valence-electron chi connectivity index (χ0n) is 20.1. The minimum absolute atomic E-state index is 0.0996. The number of hydrogen-bond acceptors (Lipinski definition) is 5. The highest BCUT2D eigenvalue weighted by Crippen LogP contribution is 2.35. The average Bonchev–Trinajstić information content (AvgIpc) is 2.62. The molecule has 0 radical (unpaired) electrons. The van der Waals surface area contributed by atoms with Crippen molar-refractivity contribution < 1.29 is 18.6 Å². The molecule has 2 rings (SSSR count). The van der Waals surface area contributed by atoms with Crippen LogP contribution in [0.25, 0.3) is 11.0 Å². The Hall–Kier alpha value is -2.69. The summed E-state index contributed by atoms with van der Waals surface area (Å²) in [5.41, 5.74) is 2.03. The largest absolute Gasteiger partial charge is 0.488 e. The summed E-state index contributed by atoms with van der Waals surface area (Å²) < 4.78 is 23.2. The summed E-state index contributed by atoms with van der Waals surface area (Å²) >= 11 is 0. The summed E-state index contributed by atoms with van der Waals surface area (Å²) in [6.45, 7) is 16.2. The molecule has 0 unspecified atom stereocenters. The maximum absolute atomic E-state index is 12.7. The van der Waals surface area contributed by atoms with Crippen molar-refractivity contribution in [1.82, 2.24) is 0 Å². The van der Waals surface area contributed by atoms with Crippen LogP contribution in [-0.2, 0) is 0 Å². The first-order chi connectivity index (χ1) is 14.5. The molecular formula is C26H36O5. The molecule has 0 aliphatic carbocycles. The monoisotopic (exact) mass is 428 g/mol. The van der Waals surface area contributed by atoms with Crippen LogP contribution >= 0.6 is 0 Å². The molecule has 5 heteroatoms. The Morgan fingerprint density at radius 1 is 1.10 bits per heavy atom. The predicted octanol–water partition coefficient (Wildman–Crippen LogP) is 6.83. The molecule has 1 heterocycles. The first-order valence-electron chi connectivity index (χ1n) is 10.8. The minimum atomic E-state index is -0.562. The van der Waals surface area contributed by atoms with Gasteiger partial charge in [-0.05, 0) is 86.4 Å². The molecule has 0 amide bonds. The second-order valence-electron chi connectivity index (χ2n) is 9.27. The van der Waals surface area contributed by atoms with Gasteiger partial charge in [-0.25, -0.2) is 4.79 Å². The van der Waals surface area contributed by atoms with Crippen molar-refractivity contribution in [2.75, 3.05) is 6.61 Å². The summed E-state index contributed by atoms with van der Waals surface area (Å²) in [6.07, 6.45) is 6.04. The van der Waals surface area contributed by atoms with Crippen LogP contribution in [0.4, 0.5) is 0 Å². The second-order valence-corrected chi connectivity index (χ2v) is 9.27. The number of allylic oxidation sites excluding steroid dienone is 3. The molecule has 0 bridgehead atoms. The highest BCUT2D eigenvalue weighted by molar-refractivity contribution is 5.86. The molecule has 1 aromatic carbocycles. The molecule has 1 aromatic heterocycles. The molecule has 170 valence electrons. The Morgan fingerprint density at radius 3 is 2.42 bits per heavy atom. The summed E-state index contributed by atoms with van der Waals surface area (Å²) in [4.78, 5) is 12.7. The van der Waals surface area contributed by atoms with Crippen LogP contribution in [0.1, 0.15) is 68.2 Å². The first kappa shape index (κ1) is 24.6. The van der Waals surface area contributed by atoms with Gasteiger partial charge in [-0.15, -0.1) is 0 Å². The summed E-state index contributed by atoms with van der Waals surface area (Å²) in [5.74, 6) is 1.12. The van der Waals surface area contributed by atoms with Gasteiger partial charge >= 0.3 is 5.63 Å². The molecule has 0 saturated carbocycles. The van der Waals surface area contributed by atoms with E-state index >= 15 is 0 Å². The number of fused-ring (bicyclic) bond motifs is 1. The third-order valence-electron chi connectivity index (χ3n) is 4.32. The van der Waals surface area contributed by atoms with E-state index in [1.165, 1.54) is 11.1 Å². The average molecular weight is 429 g/mol. The molecule has 0 spiro atoms. The lowest BCUT2D eigenvalue weighted by atomic mass is 10.1. The normalized spacial score (nSPS) is 12.2. The van der Waals surface area contributed by atoms with Crippen LogP contribution in [0.5, 0.6) is 17.2 Å². The quantitative estimate of drug-likeness (QED) is 0.324. The van der Waals surface area contributed by atoms with Crippen LogP contribution in [0.3, 0.4) is 0 Å². The smallest absolute Gasteiger partial charge is 0.383 e. The Balaban J connectivity index is 2.36. The van der Waals surface area contributed by atoms with Crippen LogP contribution in [0.2, 0.25) is 0 Å². The van der Waals surface area contributed by atoms with E-state index in [0.29, 0.717) is 29.1 Å². The first-order valence-corrected chi connectivity index (χ1v) is 10.8. The van der Waals surface area contributed by atoms with Gasteiger partial charge in [-0.1, -0.05) is 17.2 Å². The Bertz CT molecular complexity index is 999. The molecule has 5 nitrogen and oxygen atoms in total. The van der Waals surface area contributed by atoms with Gasteiger partial charge in [0.2, 0.25) is 5.75 Å². The van der Waals surface area contributed by atoms with Crippen molar-refractivity contribution >= 4 is 11.0 Å². The fourth-order valence-corrected chi connectivity index (χ4v) is 2.99. The third-order valence-corrected chi connectivity index (χ3v) is 4.32. The van der Waals surface area contributed by atoms with E-state index in [1.54, 1.807) is 6.07 Å². The highest BCUT2D eigenvalue weighted by Gasteiger charge is 2.20. The number of ether oxygens (including phenoxy) is 3. The molecule has 0 aliphatic rings. The van der Waals surface area contributed by atoms with E-state index in [2.05, 4.69) is 26.8 Å². The molecule has 2 aromatic rings. The van der Waals surface area contributed by atoms with Crippen molar-refractivity contribution in [2.24, 2.45) is 0 Å². The van der Waals surface area contributed by atoms with Gasteiger partial charge in [0.25, 0.3) is 0 Å². The van der Waals surface area contributed by atoms with Gasteiger partial charge < -0.3 is 18.6 Å². The molecular weight excluding hydrogens is 392 g/mol. The highest BCUT2D eigenvalue weighted by atomic mass is 16.5. The topological polar surface area (TPSA) is 57.9 Å². The van der Waals surface area contributed by atoms with Gasteiger partial charge in [0.1, 0.15) is 23.5 Å². The molecule has 31 heavy (non-hydrogen) atoms. The maximum Gasteiger partial charge on any atom is 0.383 e. The van der Waals surface area contributed by atoms with Crippen molar-refractivity contribution in [1.29, 1.82) is 0 Å². The van der Waals surface area contributed by atoms with Crippen LogP contribution in [-0.4, -0.2) is 18.3 Å². The van der Waals surface area contributed by atoms with Crippen LogP contribution in [0, 0.1) is 0 Å². The Kier molecular flexibility index (Phi) is 8.37. The standard InChI is InChI=1S/C26H36O5/c1-17(2)10-9-11-19(5)14-15-28-23-21-13-12-20(31-26(6,7)8)16-22(21)30-25(27)24(23)29-18(3)4/h10,12-14,16,18H,9,11,15H2,1-8H3/b19-14+. The Morgan fingerprint density at radius 2 is 1.81 bits per heavy atom. The summed E-state index contributed by atoms with van der Waals surface area (Å²) in [5, 5.41) is 0.673.